The number of halogens is 9. The quantitative estimate of drug-likeness (QED) is 0.271. The summed E-state index contributed by atoms with van der Waals surface area (Å²) in [6, 6.07) is 10.4. The number of amides is 2. The van der Waals surface area contributed by atoms with Gasteiger partial charge in [-0.2, -0.15) is 31.6 Å². The first kappa shape index (κ1) is 29.0. The van der Waals surface area contributed by atoms with Crippen molar-refractivity contribution in [1.82, 2.24) is 0 Å². The molecule has 0 atom stereocenters. The summed E-state index contributed by atoms with van der Waals surface area (Å²) < 4.78 is 120. The molecule has 0 aliphatic heterocycles. The molecule has 1 N–H and O–H groups in total. The number of nitrogens with one attached hydrogen (secondary N) is 1. The third-order valence-corrected chi connectivity index (χ3v) is 5.40. The van der Waals surface area contributed by atoms with Gasteiger partial charge in [-0.15, -0.1) is 0 Å². The average molecular weight is 559 g/mol. The zero-order chi connectivity index (χ0) is 29.2. The molecule has 204 valence electrons. The van der Waals surface area contributed by atoms with Crippen LogP contribution in [0.25, 0.3) is 0 Å². The van der Waals surface area contributed by atoms with Gasteiger partial charge in [0.25, 0.3) is 11.8 Å². The molecule has 0 aliphatic carbocycles. The molecule has 14 heteroatoms. The topological polar surface area (TPSA) is 73.2 Å². The number of rotatable bonds is 6. The fraction of sp³-hybridized carbons (Fsp3) is 0.160. The minimum absolute atomic E-state index is 0.109. The zero-order valence-electron chi connectivity index (χ0n) is 19.2. The minimum Gasteiger partial charge on any atom is -0.322 e. The predicted molar refractivity (Wildman–Crippen MR) is 119 cm³/mol. The number of alkyl halides is 7. The summed E-state index contributed by atoms with van der Waals surface area (Å²) in [6.45, 7) is -0.678. The summed E-state index contributed by atoms with van der Waals surface area (Å²) >= 11 is 0. The van der Waals surface area contributed by atoms with Gasteiger partial charge in [0.15, 0.2) is 5.82 Å². The molecule has 2 amide bonds. The summed E-state index contributed by atoms with van der Waals surface area (Å²) in [5.74, 6) is -4.10. The molecule has 3 aromatic carbocycles. The molecule has 5 nitrogen and oxygen atoms in total. The molecule has 39 heavy (non-hydrogen) atoms. The van der Waals surface area contributed by atoms with E-state index >= 15 is 4.39 Å². The molecule has 0 radical (unpaired) electrons. The van der Waals surface area contributed by atoms with Gasteiger partial charge in [-0.05, 0) is 48.5 Å². The largest absolute Gasteiger partial charge is 0.435 e. The second-order valence-corrected chi connectivity index (χ2v) is 7.88. The van der Waals surface area contributed by atoms with Gasteiger partial charge >= 0.3 is 18.0 Å². The Morgan fingerprint density at radius 1 is 0.821 bits per heavy atom. The first-order valence-corrected chi connectivity index (χ1v) is 10.6. The number of carbonyl (C=O) groups excluding carboxylic acids is 2. The van der Waals surface area contributed by atoms with Crippen LogP contribution in [0.2, 0.25) is 0 Å². The Bertz CT molecular complexity index is 1400. The first-order valence-electron chi connectivity index (χ1n) is 10.6. The highest BCUT2D eigenvalue weighted by molar-refractivity contribution is 6.08. The van der Waals surface area contributed by atoms with Crippen molar-refractivity contribution in [2.45, 2.75) is 18.0 Å². The summed E-state index contributed by atoms with van der Waals surface area (Å²) in [4.78, 5) is 26.1. The predicted octanol–water partition coefficient (Wildman–Crippen LogP) is 6.68. The van der Waals surface area contributed by atoms with Gasteiger partial charge in [0, 0.05) is 16.8 Å². The molecule has 0 saturated heterocycles. The van der Waals surface area contributed by atoms with Gasteiger partial charge in [-0.1, -0.05) is 18.2 Å². The number of nitrogens with zero attached hydrogens (tertiary/aromatic N) is 2. The molecular formula is C25H14F9N3O2. The molecule has 0 saturated carbocycles. The Morgan fingerprint density at radius 2 is 1.38 bits per heavy atom. The van der Waals surface area contributed by atoms with Gasteiger partial charge in [0.05, 0.1) is 17.3 Å². The molecule has 0 unspecified atom stereocenters. The van der Waals surface area contributed by atoms with E-state index in [1.165, 1.54) is 0 Å². The highest BCUT2D eigenvalue weighted by Crippen LogP contribution is 2.53. The lowest BCUT2D eigenvalue weighted by molar-refractivity contribution is -0.348. The molecular weight excluding hydrogens is 545 g/mol. The number of carbonyl (C=O) groups is 2. The van der Waals surface area contributed by atoms with Crippen LogP contribution in [0.4, 0.5) is 50.9 Å². The SMILES string of the molecule is N#CCN(C(=O)c1ccc(F)cc1)c1cccc(C(=O)Nc2ccc(C(F)(C(F)(F)F)C(F)(F)F)cc2)c1F. The van der Waals surface area contributed by atoms with Crippen molar-refractivity contribution in [1.29, 1.82) is 5.26 Å². The van der Waals surface area contributed by atoms with Crippen molar-refractivity contribution < 1.29 is 49.1 Å². The van der Waals surface area contributed by atoms with E-state index in [4.69, 9.17) is 5.26 Å². The fourth-order valence-electron chi connectivity index (χ4n) is 3.46. The van der Waals surface area contributed by atoms with Gasteiger partial charge in [0.1, 0.15) is 12.4 Å². The van der Waals surface area contributed by atoms with Crippen LogP contribution in [0.1, 0.15) is 26.3 Å². The van der Waals surface area contributed by atoms with Crippen molar-refractivity contribution in [3.63, 3.8) is 0 Å². The molecule has 0 bridgehead atoms. The summed E-state index contributed by atoms with van der Waals surface area (Å²) in [6.07, 6.45) is -12.7. The number of benzene rings is 3. The van der Waals surface area contributed by atoms with Gasteiger partial charge in [-0.3, -0.25) is 14.5 Å². The maximum Gasteiger partial charge on any atom is 0.435 e. The van der Waals surface area contributed by atoms with Crippen molar-refractivity contribution in [2.75, 3.05) is 16.8 Å². The molecule has 0 fully saturated rings. The van der Waals surface area contributed by atoms with Gasteiger partial charge in [0.2, 0.25) is 0 Å². The second-order valence-electron chi connectivity index (χ2n) is 7.88. The smallest absolute Gasteiger partial charge is 0.322 e. The molecule has 3 aromatic rings. The van der Waals surface area contributed by atoms with E-state index in [2.05, 4.69) is 0 Å². The lowest BCUT2D eigenvalue weighted by Crippen LogP contribution is -2.50. The third kappa shape index (κ3) is 5.66. The lowest BCUT2D eigenvalue weighted by atomic mass is 9.94. The van der Waals surface area contributed by atoms with E-state index in [9.17, 15) is 44.7 Å². The highest BCUT2D eigenvalue weighted by Gasteiger charge is 2.73. The monoisotopic (exact) mass is 559 g/mol. The molecule has 0 aliphatic rings. The second kappa shape index (κ2) is 10.7. The lowest BCUT2D eigenvalue weighted by Gasteiger charge is -2.30. The van der Waals surface area contributed by atoms with Crippen LogP contribution in [0.15, 0.2) is 66.7 Å². The van der Waals surface area contributed by atoms with Crippen molar-refractivity contribution in [2.24, 2.45) is 0 Å². The number of hydrogen-bond acceptors (Lipinski definition) is 3. The van der Waals surface area contributed by atoms with Crippen LogP contribution in [-0.4, -0.2) is 30.7 Å². The Balaban J connectivity index is 1.90. The molecule has 0 spiro atoms. The minimum atomic E-state index is -6.33. The summed E-state index contributed by atoms with van der Waals surface area (Å²) in [5.41, 5.74) is -9.22. The number of nitriles is 1. The number of hydrogen-bond donors (Lipinski definition) is 1. The Kier molecular flexibility index (Phi) is 7.95. The average Bonchev–Trinajstić information content (AvgIpc) is 2.86. The Hall–Kier alpha value is -4.54. The third-order valence-electron chi connectivity index (χ3n) is 5.40. The van der Waals surface area contributed by atoms with Gasteiger partial charge < -0.3 is 5.32 Å². The van der Waals surface area contributed by atoms with E-state index in [0.717, 1.165) is 42.5 Å². The van der Waals surface area contributed by atoms with Crippen LogP contribution in [0.3, 0.4) is 0 Å². The van der Waals surface area contributed by atoms with Crippen LogP contribution >= 0.6 is 0 Å². The standard InChI is InChI=1S/C25H14F9N3O2/c26-16-8-4-14(5-9-16)22(39)37(13-12-35)19-3-1-2-18(20(19)27)21(38)36-17-10-6-15(7-11-17)23(28,24(29,30)31)25(32,33)34/h1-11H,13H2,(H,36,38). The van der Waals surface area contributed by atoms with Crippen molar-refractivity contribution in [3.05, 3.63) is 95.1 Å². The summed E-state index contributed by atoms with van der Waals surface area (Å²) in [7, 11) is 0. The molecule has 0 aromatic heterocycles. The van der Waals surface area contributed by atoms with Crippen LogP contribution in [0, 0.1) is 23.0 Å². The molecule has 0 heterocycles. The maximum atomic E-state index is 15.3. The van der Waals surface area contributed by atoms with Crippen LogP contribution in [-0.2, 0) is 5.67 Å². The van der Waals surface area contributed by atoms with E-state index in [1.54, 1.807) is 6.07 Å². The van der Waals surface area contributed by atoms with Crippen molar-refractivity contribution >= 4 is 23.2 Å². The van der Waals surface area contributed by atoms with Crippen LogP contribution in [0.5, 0.6) is 0 Å². The molecule has 3 rings (SSSR count). The van der Waals surface area contributed by atoms with Crippen LogP contribution < -0.4 is 10.2 Å². The zero-order valence-corrected chi connectivity index (χ0v) is 19.2. The van der Waals surface area contributed by atoms with E-state index in [-0.39, 0.29) is 17.7 Å². The van der Waals surface area contributed by atoms with E-state index < -0.39 is 70.5 Å². The first-order chi connectivity index (χ1) is 18.1. The van der Waals surface area contributed by atoms with Crippen molar-refractivity contribution in [3.8, 4) is 6.07 Å². The normalized spacial score (nSPS) is 12.0. The maximum absolute atomic E-state index is 15.3. The Morgan fingerprint density at radius 3 is 1.90 bits per heavy atom. The fourth-order valence-corrected chi connectivity index (χ4v) is 3.46. The number of anilines is 2. The Labute approximate surface area is 214 Å². The highest BCUT2D eigenvalue weighted by atomic mass is 19.4. The van der Waals surface area contributed by atoms with Gasteiger partial charge in [-0.25, -0.2) is 13.2 Å². The summed E-state index contributed by atoms with van der Waals surface area (Å²) in [5, 5.41) is 11.2. The van der Waals surface area contributed by atoms with E-state index in [1.807, 2.05) is 5.32 Å². The van der Waals surface area contributed by atoms with E-state index in [0.29, 0.717) is 17.0 Å².